The quantitative estimate of drug-likeness (QED) is 0.484. The molecule has 0 saturated heterocycles. The van der Waals surface area contributed by atoms with Crippen molar-refractivity contribution in [3.05, 3.63) is 77.0 Å². The number of hydrogen-bond donors (Lipinski definition) is 1. The van der Waals surface area contributed by atoms with Crippen LogP contribution in [-0.2, 0) is 6.42 Å². The fourth-order valence-corrected chi connectivity index (χ4v) is 3.13. The number of aromatic nitrogens is 1. The molecule has 0 unspecified atom stereocenters. The molecule has 0 radical (unpaired) electrons. The first-order chi connectivity index (χ1) is 13.1. The Balaban J connectivity index is 1.74. The number of rotatable bonds is 7. The molecule has 0 spiro atoms. The molecule has 0 saturated carbocycles. The Morgan fingerprint density at radius 3 is 2.67 bits per heavy atom. The summed E-state index contributed by atoms with van der Waals surface area (Å²) in [6, 6.07) is 14.0. The molecule has 0 fully saturated rings. The molecule has 1 N–H and O–H groups in total. The summed E-state index contributed by atoms with van der Waals surface area (Å²) in [5.41, 5.74) is 8.13. The van der Waals surface area contributed by atoms with Crippen LogP contribution in [-0.4, -0.2) is 16.7 Å². The second-order valence-corrected chi connectivity index (χ2v) is 6.61. The van der Waals surface area contributed by atoms with Gasteiger partial charge in [0, 0.05) is 22.6 Å². The molecule has 2 heterocycles. The van der Waals surface area contributed by atoms with Crippen LogP contribution in [0, 0.1) is 13.8 Å². The highest BCUT2D eigenvalue weighted by Gasteiger charge is 2.10. The van der Waals surface area contributed by atoms with E-state index in [0.717, 1.165) is 29.1 Å². The zero-order chi connectivity index (χ0) is 19.2. The van der Waals surface area contributed by atoms with Crippen LogP contribution in [0.2, 0.25) is 0 Å². The lowest BCUT2D eigenvalue weighted by Gasteiger charge is -2.10. The Morgan fingerprint density at radius 1 is 1.22 bits per heavy atom. The number of aryl methyl sites for hydroxylation is 2. The lowest BCUT2D eigenvalue weighted by atomic mass is 10.1. The molecule has 5 nitrogen and oxygen atoms in total. The second kappa shape index (κ2) is 8.54. The normalized spacial score (nSPS) is 11.2. The van der Waals surface area contributed by atoms with Gasteiger partial charge in [-0.25, -0.2) is 5.43 Å². The van der Waals surface area contributed by atoms with Crippen LogP contribution in [0.5, 0.6) is 0 Å². The number of nitrogens with zero attached hydrogens (tertiary/aromatic N) is 2. The maximum atomic E-state index is 11.9. The third kappa shape index (κ3) is 4.37. The molecule has 1 aromatic carbocycles. The van der Waals surface area contributed by atoms with Crippen LogP contribution in [0.3, 0.4) is 0 Å². The maximum absolute atomic E-state index is 11.9. The number of hydrazone groups is 1. The van der Waals surface area contributed by atoms with E-state index < -0.39 is 0 Å². The Hall–Kier alpha value is -3.08. The lowest BCUT2D eigenvalue weighted by Crippen LogP contribution is -2.16. The van der Waals surface area contributed by atoms with Gasteiger partial charge in [0.2, 0.25) is 0 Å². The van der Waals surface area contributed by atoms with E-state index in [-0.39, 0.29) is 11.7 Å². The molecule has 0 bridgehead atoms. The van der Waals surface area contributed by atoms with Gasteiger partial charge in [-0.3, -0.25) is 4.79 Å². The largest absolute Gasteiger partial charge is 0.459 e. The van der Waals surface area contributed by atoms with E-state index in [0.29, 0.717) is 0 Å². The molecule has 0 aliphatic rings. The molecule has 1 amide bonds. The first kappa shape index (κ1) is 18.7. The molecule has 2 aromatic heterocycles. The average Bonchev–Trinajstić information content (AvgIpc) is 3.29. The molecular formula is C22H25N3O2. The van der Waals surface area contributed by atoms with E-state index in [4.69, 9.17) is 4.42 Å². The summed E-state index contributed by atoms with van der Waals surface area (Å²) < 4.78 is 7.24. The topological polar surface area (TPSA) is 59.5 Å². The van der Waals surface area contributed by atoms with Gasteiger partial charge in [-0.05, 0) is 62.6 Å². The molecular weight excluding hydrogens is 338 g/mol. The molecule has 0 aliphatic carbocycles. The second-order valence-electron chi connectivity index (χ2n) is 6.61. The average molecular weight is 363 g/mol. The van der Waals surface area contributed by atoms with Crippen LogP contribution in [0.4, 0.5) is 0 Å². The standard InChI is InChI=1S/C22H25N3O2/c1-4-5-7-18-9-11-20(12-10-18)25-16(2)14-19(17(25)3)15-23-24-22(26)21-8-6-13-27-21/h6,8-15H,4-5,7H2,1-3H3,(H,24,26)/b23-15-. The Kier molecular flexibility index (Phi) is 5.91. The van der Waals surface area contributed by atoms with E-state index >= 15 is 0 Å². The Bertz CT molecular complexity index is 919. The maximum Gasteiger partial charge on any atom is 0.307 e. The summed E-state index contributed by atoms with van der Waals surface area (Å²) in [7, 11) is 0. The first-order valence-electron chi connectivity index (χ1n) is 9.25. The van der Waals surface area contributed by atoms with Gasteiger partial charge in [-0.15, -0.1) is 0 Å². The van der Waals surface area contributed by atoms with E-state index in [1.165, 1.54) is 24.7 Å². The smallest absolute Gasteiger partial charge is 0.307 e. The van der Waals surface area contributed by atoms with Crippen molar-refractivity contribution in [3.63, 3.8) is 0 Å². The molecule has 140 valence electrons. The molecule has 3 rings (SSSR count). The highest BCUT2D eigenvalue weighted by molar-refractivity contribution is 5.92. The minimum absolute atomic E-state index is 0.237. The number of carbonyl (C=O) groups is 1. The summed E-state index contributed by atoms with van der Waals surface area (Å²) in [6.07, 6.45) is 6.66. The molecule has 0 aliphatic heterocycles. The predicted molar refractivity (Wildman–Crippen MR) is 108 cm³/mol. The van der Waals surface area contributed by atoms with E-state index in [9.17, 15) is 4.79 Å². The van der Waals surface area contributed by atoms with Crippen LogP contribution in [0.15, 0.2) is 58.2 Å². The minimum Gasteiger partial charge on any atom is -0.459 e. The van der Waals surface area contributed by atoms with Crippen molar-refractivity contribution in [3.8, 4) is 5.69 Å². The van der Waals surface area contributed by atoms with Crippen LogP contribution in [0.25, 0.3) is 5.69 Å². The van der Waals surface area contributed by atoms with E-state index in [1.807, 2.05) is 6.92 Å². The van der Waals surface area contributed by atoms with Crippen LogP contribution < -0.4 is 5.43 Å². The number of nitrogens with one attached hydrogen (secondary N) is 1. The molecule has 3 aromatic rings. The number of benzene rings is 1. The number of hydrogen-bond acceptors (Lipinski definition) is 3. The van der Waals surface area contributed by atoms with Crippen molar-refractivity contribution >= 4 is 12.1 Å². The fourth-order valence-electron chi connectivity index (χ4n) is 3.13. The zero-order valence-corrected chi connectivity index (χ0v) is 16.0. The molecule has 5 heteroatoms. The summed E-state index contributed by atoms with van der Waals surface area (Å²) in [6.45, 7) is 6.32. The summed E-state index contributed by atoms with van der Waals surface area (Å²) >= 11 is 0. The van der Waals surface area contributed by atoms with Crippen molar-refractivity contribution in [2.45, 2.75) is 40.0 Å². The number of unbranched alkanes of at least 4 members (excludes halogenated alkanes) is 1. The predicted octanol–water partition coefficient (Wildman–Crippen LogP) is 4.79. The number of furan rings is 1. The van der Waals surface area contributed by atoms with Gasteiger partial charge in [-0.2, -0.15) is 5.10 Å². The third-order valence-corrected chi connectivity index (χ3v) is 4.60. The summed E-state index contributed by atoms with van der Waals surface area (Å²) in [4.78, 5) is 11.9. The van der Waals surface area contributed by atoms with Crippen molar-refractivity contribution < 1.29 is 9.21 Å². The van der Waals surface area contributed by atoms with Crippen molar-refractivity contribution in [2.75, 3.05) is 0 Å². The van der Waals surface area contributed by atoms with Gasteiger partial charge >= 0.3 is 5.91 Å². The number of carbonyl (C=O) groups excluding carboxylic acids is 1. The third-order valence-electron chi connectivity index (χ3n) is 4.60. The van der Waals surface area contributed by atoms with Crippen molar-refractivity contribution in [1.29, 1.82) is 0 Å². The summed E-state index contributed by atoms with van der Waals surface area (Å²) in [5, 5.41) is 4.06. The number of amides is 1. The van der Waals surface area contributed by atoms with Gasteiger partial charge in [-0.1, -0.05) is 25.5 Å². The lowest BCUT2D eigenvalue weighted by molar-refractivity contribution is 0.0927. The molecule has 27 heavy (non-hydrogen) atoms. The van der Waals surface area contributed by atoms with Gasteiger partial charge < -0.3 is 8.98 Å². The van der Waals surface area contributed by atoms with Gasteiger partial charge in [0.05, 0.1) is 12.5 Å². The van der Waals surface area contributed by atoms with Gasteiger partial charge in [0.15, 0.2) is 5.76 Å². The van der Waals surface area contributed by atoms with Crippen LogP contribution >= 0.6 is 0 Å². The van der Waals surface area contributed by atoms with E-state index in [2.05, 4.69) is 59.3 Å². The van der Waals surface area contributed by atoms with E-state index in [1.54, 1.807) is 18.3 Å². The minimum atomic E-state index is -0.368. The monoisotopic (exact) mass is 363 g/mol. The van der Waals surface area contributed by atoms with Gasteiger partial charge in [0.1, 0.15) is 0 Å². The Labute approximate surface area is 159 Å². The van der Waals surface area contributed by atoms with Crippen molar-refractivity contribution in [1.82, 2.24) is 9.99 Å². The molecule has 0 atom stereocenters. The first-order valence-corrected chi connectivity index (χ1v) is 9.25. The fraction of sp³-hybridized carbons (Fsp3) is 0.273. The highest BCUT2D eigenvalue weighted by Crippen LogP contribution is 2.20. The van der Waals surface area contributed by atoms with Gasteiger partial charge in [0.25, 0.3) is 0 Å². The van der Waals surface area contributed by atoms with Crippen LogP contribution in [0.1, 0.15) is 52.8 Å². The zero-order valence-electron chi connectivity index (χ0n) is 16.0. The highest BCUT2D eigenvalue weighted by atomic mass is 16.3. The Morgan fingerprint density at radius 2 is 2.00 bits per heavy atom. The SMILES string of the molecule is CCCCc1ccc(-n2c(C)cc(/C=N\NC(=O)c3ccco3)c2C)cc1. The van der Waals surface area contributed by atoms with Crippen molar-refractivity contribution in [2.24, 2.45) is 5.10 Å². The summed E-state index contributed by atoms with van der Waals surface area (Å²) in [5.74, 6) is -0.131.